The fourth-order valence-corrected chi connectivity index (χ4v) is 3.95. The van der Waals surface area contributed by atoms with Crippen molar-refractivity contribution in [3.05, 3.63) is 30.1 Å². The van der Waals surface area contributed by atoms with Gasteiger partial charge in [-0.15, -0.1) is 0 Å². The fourth-order valence-electron chi connectivity index (χ4n) is 3.95. The van der Waals surface area contributed by atoms with Gasteiger partial charge < -0.3 is 11.5 Å². The second kappa shape index (κ2) is 4.93. The molecule has 3 atom stereocenters. The normalized spacial score (nSPS) is 29.1. The van der Waals surface area contributed by atoms with Crippen molar-refractivity contribution in [1.29, 1.82) is 0 Å². The minimum atomic E-state index is 0.377. The topological polar surface area (TPSA) is 81.1 Å². The van der Waals surface area contributed by atoms with Gasteiger partial charge in [-0.25, -0.2) is 9.97 Å². The van der Waals surface area contributed by atoms with Crippen LogP contribution in [0.1, 0.15) is 18.7 Å². The van der Waals surface area contributed by atoms with Crippen molar-refractivity contribution >= 4 is 16.7 Å². The first-order chi connectivity index (χ1) is 10.2. The van der Waals surface area contributed by atoms with Crippen molar-refractivity contribution in [2.24, 2.45) is 17.6 Å². The van der Waals surface area contributed by atoms with Crippen LogP contribution >= 0.6 is 0 Å². The number of rotatable bonds is 2. The van der Waals surface area contributed by atoms with E-state index in [1.54, 1.807) is 0 Å². The van der Waals surface area contributed by atoms with E-state index in [9.17, 15) is 0 Å². The van der Waals surface area contributed by atoms with E-state index < -0.39 is 0 Å². The number of anilines is 1. The highest BCUT2D eigenvalue weighted by atomic mass is 15.2. The molecule has 1 aromatic heterocycles. The smallest absolute Gasteiger partial charge is 0.145 e. The Bertz CT molecular complexity index is 671. The molecule has 4 rings (SSSR count). The maximum absolute atomic E-state index is 6.20. The molecule has 21 heavy (non-hydrogen) atoms. The summed E-state index contributed by atoms with van der Waals surface area (Å²) in [6, 6.07) is 8.28. The average Bonchev–Trinajstić information content (AvgIpc) is 3.01. The summed E-state index contributed by atoms with van der Waals surface area (Å²) in [4.78, 5) is 11.5. The zero-order valence-electron chi connectivity index (χ0n) is 12.1. The summed E-state index contributed by atoms with van der Waals surface area (Å²) in [7, 11) is 0. The van der Waals surface area contributed by atoms with E-state index in [0.29, 0.717) is 17.8 Å². The van der Waals surface area contributed by atoms with Crippen molar-refractivity contribution in [2.45, 2.75) is 25.4 Å². The molecule has 1 saturated carbocycles. The molecule has 110 valence electrons. The second-order valence-electron chi connectivity index (χ2n) is 6.40. The number of benzene rings is 1. The number of aromatic nitrogens is 2. The maximum atomic E-state index is 6.20. The summed E-state index contributed by atoms with van der Waals surface area (Å²) in [6.07, 6.45) is 2.45. The van der Waals surface area contributed by atoms with Gasteiger partial charge in [-0.3, -0.25) is 4.90 Å². The first-order valence-electron chi connectivity index (χ1n) is 7.70. The number of fused-ring (bicyclic) bond motifs is 2. The molecule has 4 N–H and O–H groups in total. The third-order valence-corrected chi connectivity index (χ3v) is 5.03. The molecule has 2 fully saturated rings. The van der Waals surface area contributed by atoms with Crippen LogP contribution in [0.2, 0.25) is 0 Å². The molecular weight excluding hydrogens is 262 g/mol. The highest BCUT2D eigenvalue weighted by Gasteiger charge is 2.40. The van der Waals surface area contributed by atoms with Gasteiger partial charge in [0, 0.05) is 24.5 Å². The van der Waals surface area contributed by atoms with Crippen molar-refractivity contribution < 1.29 is 0 Å². The van der Waals surface area contributed by atoms with Crippen LogP contribution < -0.4 is 11.5 Å². The van der Waals surface area contributed by atoms with Gasteiger partial charge in [0.05, 0.1) is 12.1 Å². The standard InChI is InChI=1S/C16H21N5/c17-13-6-5-10-7-21(8-12(10)13)9-15-19-14-4-2-1-3-11(14)16(18)20-15/h1-4,10,12-13H,5-9,17H2,(H2,18,19,20). The van der Waals surface area contributed by atoms with Crippen LogP contribution in [0.5, 0.6) is 0 Å². The molecule has 1 aliphatic heterocycles. The van der Waals surface area contributed by atoms with Gasteiger partial charge in [0.15, 0.2) is 0 Å². The number of likely N-dealkylation sites (tertiary alicyclic amines) is 1. The van der Waals surface area contributed by atoms with Crippen LogP contribution in [0, 0.1) is 11.8 Å². The Morgan fingerprint density at radius 1 is 1.14 bits per heavy atom. The maximum Gasteiger partial charge on any atom is 0.145 e. The minimum Gasteiger partial charge on any atom is -0.383 e. The Kier molecular flexibility index (Phi) is 3.05. The summed E-state index contributed by atoms with van der Waals surface area (Å²) >= 11 is 0. The van der Waals surface area contributed by atoms with E-state index in [1.165, 1.54) is 12.8 Å². The van der Waals surface area contributed by atoms with Gasteiger partial charge >= 0.3 is 0 Å². The summed E-state index contributed by atoms with van der Waals surface area (Å²) < 4.78 is 0. The quantitative estimate of drug-likeness (QED) is 0.870. The van der Waals surface area contributed by atoms with Crippen molar-refractivity contribution in [3.8, 4) is 0 Å². The fraction of sp³-hybridized carbons (Fsp3) is 0.500. The molecule has 5 heteroatoms. The number of para-hydroxylation sites is 1. The molecule has 1 saturated heterocycles. The van der Waals surface area contributed by atoms with Crippen molar-refractivity contribution in [1.82, 2.24) is 14.9 Å². The molecule has 2 aliphatic rings. The highest BCUT2D eigenvalue weighted by molar-refractivity contribution is 5.87. The van der Waals surface area contributed by atoms with Gasteiger partial charge in [0.1, 0.15) is 11.6 Å². The molecule has 3 unspecified atom stereocenters. The zero-order chi connectivity index (χ0) is 14.4. The van der Waals surface area contributed by atoms with Crippen LogP contribution in [0.4, 0.5) is 5.82 Å². The molecule has 1 aromatic carbocycles. The number of nitrogen functional groups attached to an aromatic ring is 1. The summed E-state index contributed by atoms with van der Waals surface area (Å²) in [5.41, 5.74) is 13.2. The van der Waals surface area contributed by atoms with Crippen LogP contribution in [0.15, 0.2) is 24.3 Å². The predicted molar refractivity (Wildman–Crippen MR) is 83.4 cm³/mol. The van der Waals surface area contributed by atoms with Gasteiger partial charge in [0.25, 0.3) is 0 Å². The molecule has 2 heterocycles. The lowest BCUT2D eigenvalue weighted by atomic mass is 9.98. The van der Waals surface area contributed by atoms with Crippen LogP contribution in [-0.4, -0.2) is 34.0 Å². The first kappa shape index (κ1) is 13.0. The number of nitrogens with zero attached hydrogens (tertiary/aromatic N) is 3. The molecule has 5 nitrogen and oxygen atoms in total. The third-order valence-electron chi connectivity index (χ3n) is 5.03. The first-order valence-corrected chi connectivity index (χ1v) is 7.70. The van der Waals surface area contributed by atoms with Crippen LogP contribution in [0.3, 0.4) is 0 Å². The average molecular weight is 283 g/mol. The Balaban J connectivity index is 1.55. The molecule has 0 radical (unpaired) electrons. The largest absolute Gasteiger partial charge is 0.383 e. The zero-order valence-corrected chi connectivity index (χ0v) is 12.1. The molecule has 1 aliphatic carbocycles. The van der Waals surface area contributed by atoms with Gasteiger partial charge in [0.2, 0.25) is 0 Å². The Morgan fingerprint density at radius 2 is 2.00 bits per heavy atom. The molecule has 2 aromatic rings. The predicted octanol–water partition coefficient (Wildman–Crippen LogP) is 1.38. The second-order valence-corrected chi connectivity index (χ2v) is 6.40. The Labute approximate surface area is 124 Å². The molecule has 0 bridgehead atoms. The van der Waals surface area contributed by atoms with Crippen molar-refractivity contribution in [2.75, 3.05) is 18.8 Å². The monoisotopic (exact) mass is 283 g/mol. The SMILES string of the molecule is Nc1nc(CN2CC3CCC(N)C3C2)nc2ccccc12. The molecular formula is C16H21N5. The van der Waals surface area contributed by atoms with Crippen molar-refractivity contribution in [3.63, 3.8) is 0 Å². The molecule has 0 amide bonds. The van der Waals surface area contributed by atoms with Gasteiger partial charge in [-0.05, 0) is 36.8 Å². The minimum absolute atomic E-state index is 0.377. The Morgan fingerprint density at radius 3 is 2.86 bits per heavy atom. The number of nitrogens with two attached hydrogens (primary N) is 2. The summed E-state index contributed by atoms with van der Waals surface area (Å²) in [5, 5.41) is 0.932. The van der Waals surface area contributed by atoms with E-state index in [4.69, 9.17) is 11.5 Å². The van der Waals surface area contributed by atoms with E-state index >= 15 is 0 Å². The van der Waals surface area contributed by atoms with E-state index in [0.717, 1.165) is 42.3 Å². The lowest BCUT2D eigenvalue weighted by Crippen LogP contribution is -2.30. The lowest BCUT2D eigenvalue weighted by Gasteiger charge is -2.17. The Hall–Kier alpha value is -1.72. The number of hydrogen-bond acceptors (Lipinski definition) is 5. The van der Waals surface area contributed by atoms with Gasteiger partial charge in [-0.1, -0.05) is 12.1 Å². The van der Waals surface area contributed by atoms with E-state index in [-0.39, 0.29) is 0 Å². The number of hydrogen-bond donors (Lipinski definition) is 2. The lowest BCUT2D eigenvalue weighted by molar-refractivity contribution is 0.291. The van der Waals surface area contributed by atoms with Crippen LogP contribution in [-0.2, 0) is 6.54 Å². The highest BCUT2D eigenvalue weighted by Crippen LogP contribution is 2.37. The van der Waals surface area contributed by atoms with E-state index in [1.807, 2.05) is 24.3 Å². The molecule has 0 spiro atoms. The summed E-state index contributed by atoms with van der Waals surface area (Å²) in [6.45, 7) is 2.96. The van der Waals surface area contributed by atoms with Gasteiger partial charge in [-0.2, -0.15) is 0 Å². The van der Waals surface area contributed by atoms with E-state index in [2.05, 4.69) is 14.9 Å². The van der Waals surface area contributed by atoms with Crippen LogP contribution in [0.25, 0.3) is 10.9 Å². The third kappa shape index (κ3) is 2.26. The summed E-state index contributed by atoms with van der Waals surface area (Å²) in [5.74, 6) is 2.81.